The summed E-state index contributed by atoms with van der Waals surface area (Å²) in [5.41, 5.74) is -0.0144. The maximum atomic E-state index is 13.6. The summed E-state index contributed by atoms with van der Waals surface area (Å²) in [5.74, 6) is -0.335. The summed E-state index contributed by atoms with van der Waals surface area (Å²) in [7, 11) is 1.41. The molecule has 0 saturated carbocycles. The van der Waals surface area contributed by atoms with Crippen molar-refractivity contribution >= 4 is 11.6 Å². The third kappa shape index (κ3) is 2.33. The standard InChI is InChI=1S/C10H12ClFO3/c1-3-15-8-4-7(14-2)9(11)6(5-13)10(8)12/h4,13H,3,5H2,1-2H3. The van der Waals surface area contributed by atoms with Crippen molar-refractivity contribution in [3.8, 4) is 11.5 Å². The van der Waals surface area contributed by atoms with E-state index in [1.807, 2.05) is 0 Å². The molecule has 84 valence electrons. The van der Waals surface area contributed by atoms with Gasteiger partial charge in [0.05, 0.1) is 25.3 Å². The zero-order chi connectivity index (χ0) is 11.4. The predicted octanol–water partition coefficient (Wildman–Crippen LogP) is 2.38. The second-order valence-electron chi connectivity index (χ2n) is 2.77. The highest BCUT2D eigenvalue weighted by Gasteiger charge is 2.17. The maximum Gasteiger partial charge on any atom is 0.172 e. The van der Waals surface area contributed by atoms with E-state index in [2.05, 4.69) is 0 Å². The van der Waals surface area contributed by atoms with E-state index in [1.54, 1.807) is 6.92 Å². The molecule has 5 heteroatoms. The Bertz CT molecular complexity index is 355. The van der Waals surface area contributed by atoms with Crippen LogP contribution in [0.1, 0.15) is 12.5 Å². The summed E-state index contributed by atoms with van der Waals surface area (Å²) < 4.78 is 23.6. The lowest BCUT2D eigenvalue weighted by Gasteiger charge is -2.12. The average molecular weight is 235 g/mol. The van der Waals surface area contributed by atoms with Crippen molar-refractivity contribution in [3.05, 3.63) is 22.5 Å². The van der Waals surface area contributed by atoms with Crippen LogP contribution in [0.4, 0.5) is 4.39 Å². The molecule has 1 N–H and O–H groups in total. The molecular weight excluding hydrogens is 223 g/mol. The first-order valence-corrected chi connectivity index (χ1v) is 4.82. The number of hydrogen-bond donors (Lipinski definition) is 1. The third-order valence-corrected chi connectivity index (χ3v) is 2.32. The topological polar surface area (TPSA) is 38.7 Å². The summed E-state index contributed by atoms with van der Waals surface area (Å²) in [6.45, 7) is 1.56. The minimum atomic E-state index is -0.648. The van der Waals surface area contributed by atoms with Gasteiger partial charge in [-0.3, -0.25) is 0 Å². The number of rotatable bonds is 4. The first kappa shape index (κ1) is 12.1. The monoisotopic (exact) mass is 234 g/mol. The zero-order valence-electron chi connectivity index (χ0n) is 8.51. The van der Waals surface area contributed by atoms with Crippen molar-refractivity contribution in [3.63, 3.8) is 0 Å². The van der Waals surface area contributed by atoms with E-state index in [4.69, 9.17) is 26.2 Å². The van der Waals surface area contributed by atoms with Gasteiger partial charge in [0.1, 0.15) is 5.75 Å². The highest BCUT2D eigenvalue weighted by molar-refractivity contribution is 6.32. The molecule has 0 atom stereocenters. The summed E-state index contributed by atoms with van der Waals surface area (Å²) in [6.07, 6.45) is 0. The van der Waals surface area contributed by atoms with Gasteiger partial charge in [-0.15, -0.1) is 0 Å². The first-order chi connectivity index (χ1) is 7.15. The molecular formula is C10H12ClFO3. The molecule has 0 unspecified atom stereocenters. The van der Waals surface area contributed by atoms with E-state index in [-0.39, 0.29) is 22.1 Å². The fourth-order valence-electron chi connectivity index (χ4n) is 1.19. The molecule has 1 rings (SSSR count). The fourth-order valence-corrected chi connectivity index (χ4v) is 1.46. The van der Waals surface area contributed by atoms with Crippen LogP contribution in [0.25, 0.3) is 0 Å². The molecule has 0 heterocycles. The smallest absolute Gasteiger partial charge is 0.172 e. The lowest BCUT2D eigenvalue weighted by atomic mass is 10.2. The first-order valence-electron chi connectivity index (χ1n) is 4.44. The molecule has 3 nitrogen and oxygen atoms in total. The normalized spacial score (nSPS) is 10.2. The quantitative estimate of drug-likeness (QED) is 0.869. The number of methoxy groups -OCH3 is 1. The summed E-state index contributed by atoms with van der Waals surface area (Å²) in [4.78, 5) is 0. The van der Waals surface area contributed by atoms with E-state index in [0.717, 1.165) is 0 Å². The largest absolute Gasteiger partial charge is 0.495 e. The highest BCUT2D eigenvalue weighted by Crippen LogP contribution is 2.36. The van der Waals surface area contributed by atoms with E-state index < -0.39 is 12.4 Å². The van der Waals surface area contributed by atoms with Gasteiger partial charge in [-0.1, -0.05) is 11.6 Å². The summed E-state index contributed by atoms with van der Waals surface area (Å²) in [5, 5.41) is 9.05. The van der Waals surface area contributed by atoms with Crippen LogP contribution in [0.5, 0.6) is 11.5 Å². The Morgan fingerprint density at radius 2 is 2.13 bits per heavy atom. The number of benzene rings is 1. The second-order valence-corrected chi connectivity index (χ2v) is 3.15. The molecule has 0 spiro atoms. The summed E-state index contributed by atoms with van der Waals surface area (Å²) in [6, 6.07) is 1.36. The number of hydrogen-bond acceptors (Lipinski definition) is 3. The fraction of sp³-hybridized carbons (Fsp3) is 0.400. The Kier molecular flexibility index (Phi) is 4.17. The maximum absolute atomic E-state index is 13.6. The van der Waals surface area contributed by atoms with Crippen LogP contribution in [-0.2, 0) is 6.61 Å². The average Bonchev–Trinajstić information content (AvgIpc) is 2.23. The zero-order valence-corrected chi connectivity index (χ0v) is 9.27. The Morgan fingerprint density at radius 3 is 2.60 bits per heavy atom. The summed E-state index contributed by atoms with van der Waals surface area (Å²) >= 11 is 5.81. The molecule has 0 fully saturated rings. The van der Waals surface area contributed by atoms with Crippen LogP contribution in [0.2, 0.25) is 5.02 Å². The predicted molar refractivity (Wildman–Crippen MR) is 55.1 cm³/mol. The van der Waals surface area contributed by atoms with Crippen molar-refractivity contribution in [1.29, 1.82) is 0 Å². The van der Waals surface area contributed by atoms with Crippen LogP contribution in [0.15, 0.2) is 6.07 Å². The van der Waals surface area contributed by atoms with Crippen molar-refractivity contribution in [2.75, 3.05) is 13.7 Å². The minimum Gasteiger partial charge on any atom is -0.495 e. The van der Waals surface area contributed by atoms with E-state index in [1.165, 1.54) is 13.2 Å². The molecule has 1 aromatic carbocycles. The molecule has 0 aliphatic carbocycles. The van der Waals surface area contributed by atoms with Gasteiger partial charge in [0.2, 0.25) is 0 Å². The van der Waals surface area contributed by atoms with Crippen LogP contribution in [-0.4, -0.2) is 18.8 Å². The van der Waals surface area contributed by atoms with Crippen molar-refractivity contribution in [1.82, 2.24) is 0 Å². The molecule has 0 aliphatic rings. The van der Waals surface area contributed by atoms with Crippen LogP contribution >= 0.6 is 11.6 Å². The van der Waals surface area contributed by atoms with Gasteiger partial charge >= 0.3 is 0 Å². The van der Waals surface area contributed by atoms with Crippen LogP contribution < -0.4 is 9.47 Å². The number of ether oxygens (including phenoxy) is 2. The second kappa shape index (κ2) is 5.19. The Hall–Kier alpha value is -1.00. The highest BCUT2D eigenvalue weighted by atomic mass is 35.5. The Morgan fingerprint density at radius 1 is 1.47 bits per heavy atom. The Balaban J connectivity index is 3.30. The van der Waals surface area contributed by atoms with E-state index >= 15 is 0 Å². The number of aliphatic hydroxyl groups excluding tert-OH is 1. The Labute approximate surface area is 92.4 Å². The van der Waals surface area contributed by atoms with Gasteiger partial charge in [-0.05, 0) is 6.92 Å². The van der Waals surface area contributed by atoms with Gasteiger partial charge < -0.3 is 14.6 Å². The van der Waals surface area contributed by atoms with Gasteiger partial charge in [-0.2, -0.15) is 0 Å². The molecule has 15 heavy (non-hydrogen) atoms. The third-order valence-electron chi connectivity index (χ3n) is 1.90. The van der Waals surface area contributed by atoms with Crippen molar-refractivity contribution in [2.45, 2.75) is 13.5 Å². The minimum absolute atomic E-state index is 0.0144. The number of halogens is 2. The van der Waals surface area contributed by atoms with Gasteiger partial charge in [0.15, 0.2) is 11.6 Å². The van der Waals surface area contributed by atoms with Crippen molar-refractivity contribution in [2.24, 2.45) is 0 Å². The number of aliphatic hydroxyl groups is 1. The molecule has 0 aromatic heterocycles. The molecule has 0 bridgehead atoms. The molecule has 0 aliphatic heterocycles. The van der Waals surface area contributed by atoms with Gasteiger partial charge in [0.25, 0.3) is 0 Å². The lowest BCUT2D eigenvalue weighted by molar-refractivity contribution is 0.267. The van der Waals surface area contributed by atoms with Gasteiger partial charge in [-0.25, -0.2) is 4.39 Å². The molecule has 0 saturated heterocycles. The van der Waals surface area contributed by atoms with E-state index in [0.29, 0.717) is 6.61 Å². The molecule has 0 amide bonds. The van der Waals surface area contributed by atoms with Gasteiger partial charge in [0, 0.05) is 11.6 Å². The van der Waals surface area contributed by atoms with E-state index in [9.17, 15) is 4.39 Å². The van der Waals surface area contributed by atoms with Crippen LogP contribution in [0.3, 0.4) is 0 Å². The SMILES string of the molecule is CCOc1cc(OC)c(Cl)c(CO)c1F. The lowest BCUT2D eigenvalue weighted by Crippen LogP contribution is -2.01. The van der Waals surface area contributed by atoms with Crippen LogP contribution in [0, 0.1) is 5.82 Å². The van der Waals surface area contributed by atoms with Crippen molar-refractivity contribution < 1.29 is 19.0 Å². The molecule has 0 radical (unpaired) electrons. The molecule has 1 aromatic rings.